The minimum atomic E-state index is -1.09. The zero-order valence-corrected chi connectivity index (χ0v) is 16.3. The topological polar surface area (TPSA) is 9.23 Å². The van der Waals surface area contributed by atoms with Crippen molar-refractivity contribution in [1.82, 2.24) is 0 Å². The van der Waals surface area contributed by atoms with Crippen LogP contribution in [0.25, 0.3) is 10.8 Å². The van der Waals surface area contributed by atoms with Gasteiger partial charge in [-0.15, -0.1) is 0 Å². The molecule has 2 aromatic carbocycles. The normalized spacial score (nSPS) is 20.2. The van der Waals surface area contributed by atoms with Gasteiger partial charge in [0.1, 0.15) is 0 Å². The molecule has 0 unspecified atom stereocenters. The van der Waals surface area contributed by atoms with Crippen LogP contribution >= 0.6 is 0 Å². The van der Waals surface area contributed by atoms with E-state index in [4.69, 9.17) is 4.74 Å². The number of halogens is 3. The first kappa shape index (κ1) is 20.0. The van der Waals surface area contributed by atoms with Crippen LogP contribution in [0.5, 0.6) is 5.75 Å². The Morgan fingerprint density at radius 1 is 0.926 bits per heavy atom. The predicted molar refractivity (Wildman–Crippen MR) is 104 cm³/mol. The molecular weight excluding hydrogens is 349 g/mol. The molecule has 2 aromatic rings. The van der Waals surface area contributed by atoms with Crippen molar-refractivity contribution in [3.05, 3.63) is 41.2 Å². The van der Waals surface area contributed by atoms with Gasteiger partial charge in [-0.05, 0) is 67.5 Å². The number of ether oxygens (including phenoxy) is 1. The highest BCUT2D eigenvalue weighted by atomic mass is 19.2. The van der Waals surface area contributed by atoms with Gasteiger partial charge in [0.2, 0.25) is 0 Å². The number of benzene rings is 2. The molecular formula is C23H29F3O. The molecule has 0 N–H and O–H groups in total. The van der Waals surface area contributed by atoms with Crippen LogP contribution < -0.4 is 4.74 Å². The van der Waals surface area contributed by atoms with Crippen molar-refractivity contribution in [2.45, 2.75) is 71.1 Å². The first-order chi connectivity index (χ1) is 13.1. The molecule has 1 fully saturated rings. The molecule has 3 rings (SSSR count). The van der Waals surface area contributed by atoms with Crippen molar-refractivity contribution in [1.29, 1.82) is 0 Å². The Hall–Kier alpha value is -1.71. The van der Waals surface area contributed by atoms with E-state index in [0.717, 1.165) is 25.7 Å². The monoisotopic (exact) mass is 378 g/mol. The average molecular weight is 378 g/mol. The van der Waals surface area contributed by atoms with Crippen molar-refractivity contribution in [3.63, 3.8) is 0 Å². The van der Waals surface area contributed by atoms with E-state index < -0.39 is 17.5 Å². The van der Waals surface area contributed by atoms with E-state index in [9.17, 15) is 13.2 Å². The fourth-order valence-corrected chi connectivity index (χ4v) is 4.39. The largest absolute Gasteiger partial charge is 0.491 e. The molecule has 0 radical (unpaired) electrons. The molecule has 0 atom stereocenters. The second kappa shape index (κ2) is 8.99. The van der Waals surface area contributed by atoms with Gasteiger partial charge in [-0.2, -0.15) is 0 Å². The Kier molecular flexibility index (Phi) is 6.67. The van der Waals surface area contributed by atoms with Crippen molar-refractivity contribution < 1.29 is 17.9 Å². The molecule has 0 amide bonds. The maximum absolute atomic E-state index is 14.8. The van der Waals surface area contributed by atoms with Crippen LogP contribution in [-0.4, -0.2) is 6.61 Å². The molecule has 4 heteroatoms. The zero-order chi connectivity index (χ0) is 19.4. The molecule has 1 saturated carbocycles. The van der Waals surface area contributed by atoms with E-state index in [-0.39, 0.29) is 23.7 Å². The quantitative estimate of drug-likeness (QED) is 0.453. The molecule has 0 aromatic heterocycles. The van der Waals surface area contributed by atoms with Crippen LogP contribution in [0.3, 0.4) is 0 Å². The van der Waals surface area contributed by atoms with Crippen LogP contribution in [0.2, 0.25) is 0 Å². The summed E-state index contributed by atoms with van der Waals surface area (Å²) in [5.74, 6) is -2.13. The van der Waals surface area contributed by atoms with E-state index in [0.29, 0.717) is 16.9 Å². The molecule has 1 aliphatic rings. The Bertz CT molecular complexity index is 779. The third kappa shape index (κ3) is 4.25. The molecule has 0 bridgehead atoms. The highest BCUT2D eigenvalue weighted by molar-refractivity contribution is 5.86. The van der Waals surface area contributed by atoms with Crippen LogP contribution in [0.4, 0.5) is 13.2 Å². The van der Waals surface area contributed by atoms with Crippen molar-refractivity contribution in [2.24, 2.45) is 5.92 Å². The van der Waals surface area contributed by atoms with Crippen molar-refractivity contribution >= 4 is 10.8 Å². The Balaban J connectivity index is 1.82. The van der Waals surface area contributed by atoms with Crippen LogP contribution in [0, 0.1) is 23.4 Å². The summed E-state index contributed by atoms with van der Waals surface area (Å²) in [4.78, 5) is 0. The maximum atomic E-state index is 14.8. The first-order valence-electron chi connectivity index (χ1n) is 10.3. The smallest absolute Gasteiger partial charge is 0.175 e. The van der Waals surface area contributed by atoms with E-state index in [1.807, 2.05) is 0 Å². The fraction of sp³-hybridized carbons (Fsp3) is 0.565. The summed E-state index contributed by atoms with van der Waals surface area (Å²) in [5.41, 5.74) is 0.399. The molecule has 27 heavy (non-hydrogen) atoms. The molecule has 1 nitrogen and oxygen atoms in total. The Morgan fingerprint density at radius 2 is 1.67 bits per heavy atom. The van der Waals surface area contributed by atoms with E-state index in [1.165, 1.54) is 31.7 Å². The number of hydrogen-bond donors (Lipinski definition) is 0. The average Bonchev–Trinajstić information content (AvgIpc) is 2.67. The van der Waals surface area contributed by atoms with Gasteiger partial charge < -0.3 is 4.74 Å². The third-order valence-corrected chi connectivity index (χ3v) is 5.92. The standard InChI is InChI=1S/C23H29F3O/c1-3-5-6-7-15-8-10-16(11-9-15)18-14-17-12-13-19(27-4-2)22(25)20(17)23(26)21(18)24/h12-16H,3-11H2,1-2H3. The van der Waals surface area contributed by atoms with E-state index in [2.05, 4.69) is 6.92 Å². The lowest BCUT2D eigenvalue weighted by Gasteiger charge is -2.29. The summed E-state index contributed by atoms with van der Waals surface area (Å²) in [6.07, 6.45) is 8.84. The van der Waals surface area contributed by atoms with Gasteiger partial charge in [-0.25, -0.2) is 13.2 Å². The molecule has 148 valence electrons. The number of fused-ring (bicyclic) bond motifs is 1. The SMILES string of the molecule is CCCCCC1CCC(c2cc3ccc(OCC)c(F)c3c(F)c2F)CC1. The second-order valence-corrected chi connectivity index (χ2v) is 7.72. The molecule has 0 spiro atoms. The van der Waals surface area contributed by atoms with Gasteiger partial charge in [-0.1, -0.05) is 38.7 Å². The minimum absolute atomic E-state index is 0.0148. The summed E-state index contributed by atoms with van der Waals surface area (Å²) in [5, 5.41) is 0.0883. The molecule has 1 aliphatic carbocycles. The van der Waals surface area contributed by atoms with Crippen molar-refractivity contribution in [2.75, 3.05) is 6.61 Å². The number of hydrogen-bond acceptors (Lipinski definition) is 1. The zero-order valence-electron chi connectivity index (χ0n) is 16.3. The van der Waals surface area contributed by atoms with Gasteiger partial charge in [0.15, 0.2) is 23.2 Å². The van der Waals surface area contributed by atoms with Crippen molar-refractivity contribution in [3.8, 4) is 5.75 Å². The van der Waals surface area contributed by atoms with E-state index in [1.54, 1.807) is 19.1 Å². The molecule has 0 aliphatic heterocycles. The fourth-order valence-electron chi connectivity index (χ4n) is 4.39. The van der Waals surface area contributed by atoms with Gasteiger partial charge in [0.05, 0.1) is 12.0 Å². The van der Waals surface area contributed by atoms with Gasteiger partial charge >= 0.3 is 0 Å². The van der Waals surface area contributed by atoms with Crippen LogP contribution in [0.1, 0.15) is 76.7 Å². The highest BCUT2D eigenvalue weighted by Gasteiger charge is 2.27. The second-order valence-electron chi connectivity index (χ2n) is 7.72. The maximum Gasteiger partial charge on any atom is 0.175 e. The Labute approximate surface area is 159 Å². The summed E-state index contributed by atoms with van der Waals surface area (Å²) < 4.78 is 49.2. The third-order valence-electron chi connectivity index (χ3n) is 5.92. The summed E-state index contributed by atoms with van der Waals surface area (Å²) in [7, 11) is 0. The lowest BCUT2D eigenvalue weighted by molar-refractivity contribution is 0.298. The Morgan fingerprint density at radius 3 is 2.33 bits per heavy atom. The lowest BCUT2D eigenvalue weighted by atomic mass is 9.76. The number of unbranched alkanes of at least 4 members (excludes halogenated alkanes) is 2. The first-order valence-corrected chi connectivity index (χ1v) is 10.3. The highest BCUT2D eigenvalue weighted by Crippen LogP contribution is 2.41. The van der Waals surface area contributed by atoms with Crippen LogP contribution in [0.15, 0.2) is 18.2 Å². The van der Waals surface area contributed by atoms with Gasteiger partial charge in [0, 0.05) is 0 Å². The van der Waals surface area contributed by atoms with Gasteiger partial charge in [-0.3, -0.25) is 0 Å². The van der Waals surface area contributed by atoms with E-state index >= 15 is 0 Å². The van der Waals surface area contributed by atoms with Gasteiger partial charge in [0.25, 0.3) is 0 Å². The number of rotatable bonds is 7. The molecule has 0 heterocycles. The summed E-state index contributed by atoms with van der Waals surface area (Å²) in [6.45, 7) is 4.20. The predicted octanol–water partition coefficient (Wildman–Crippen LogP) is 7.51. The van der Waals surface area contributed by atoms with Crippen LogP contribution in [-0.2, 0) is 0 Å². The lowest BCUT2D eigenvalue weighted by Crippen LogP contribution is -2.15. The summed E-state index contributed by atoms with van der Waals surface area (Å²) >= 11 is 0. The molecule has 0 saturated heterocycles. The summed E-state index contributed by atoms with van der Waals surface area (Å²) in [6, 6.07) is 4.74. The minimum Gasteiger partial charge on any atom is -0.491 e.